The number of oxime groups is 1. The standard InChI is InChI=1S/C24H32FN5O2.C2H4/c1-17(12-13-25)24(31)30(21-9-6-7-19(15-21)23(26)28-32)14-5-3-4-8-20-16-22(18-10-11-18)29(2)27-20;1-2/h6-7,9,15-16,18,32H,1,3-5,8,10-14H2,2H3,(H2,26,28);1-2H2. The summed E-state index contributed by atoms with van der Waals surface area (Å²) < 4.78 is 14.8. The maximum absolute atomic E-state index is 12.9. The molecule has 34 heavy (non-hydrogen) atoms. The topological polar surface area (TPSA) is 96.7 Å². The lowest BCUT2D eigenvalue weighted by Gasteiger charge is -2.24. The van der Waals surface area contributed by atoms with Crippen molar-refractivity contribution < 1.29 is 14.4 Å². The van der Waals surface area contributed by atoms with Gasteiger partial charge in [-0.25, -0.2) is 0 Å². The van der Waals surface area contributed by atoms with Crippen LogP contribution in [-0.2, 0) is 18.3 Å². The van der Waals surface area contributed by atoms with Crippen LogP contribution >= 0.6 is 0 Å². The van der Waals surface area contributed by atoms with Gasteiger partial charge in [0.2, 0.25) is 0 Å². The first kappa shape index (κ1) is 26.8. The van der Waals surface area contributed by atoms with Gasteiger partial charge in [0.15, 0.2) is 5.84 Å². The zero-order valence-corrected chi connectivity index (χ0v) is 20.0. The molecule has 1 amide bonds. The maximum Gasteiger partial charge on any atom is 0.253 e. The SMILES string of the molecule is C=C.C=C(CCF)C(=O)N(CCCCCc1cc(C2CC2)n(C)n1)c1cccc(/C(N)=N/O)c1. The van der Waals surface area contributed by atoms with E-state index in [0.717, 1.165) is 31.4 Å². The van der Waals surface area contributed by atoms with E-state index in [2.05, 4.69) is 36.1 Å². The molecule has 3 rings (SSSR count). The lowest BCUT2D eigenvalue weighted by Crippen LogP contribution is -2.33. The van der Waals surface area contributed by atoms with Crippen LogP contribution in [0, 0.1) is 0 Å². The molecule has 0 spiro atoms. The van der Waals surface area contributed by atoms with Gasteiger partial charge in [0.25, 0.3) is 5.91 Å². The molecule has 1 heterocycles. The largest absolute Gasteiger partial charge is 0.409 e. The van der Waals surface area contributed by atoms with Crippen molar-refractivity contribution in [1.29, 1.82) is 0 Å². The van der Waals surface area contributed by atoms with Crippen LogP contribution in [-0.4, -0.2) is 39.9 Å². The zero-order valence-electron chi connectivity index (χ0n) is 20.0. The van der Waals surface area contributed by atoms with Gasteiger partial charge in [-0.3, -0.25) is 13.9 Å². The van der Waals surface area contributed by atoms with Gasteiger partial charge in [-0.2, -0.15) is 5.10 Å². The Morgan fingerprint density at radius 1 is 1.29 bits per heavy atom. The number of nitrogens with zero attached hydrogens (tertiary/aromatic N) is 4. The quantitative estimate of drug-likeness (QED) is 0.0883. The van der Waals surface area contributed by atoms with Crippen LogP contribution in [0.3, 0.4) is 0 Å². The van der Waals surface area contributed by atoms with Crippen molar-refractivity contribution in [3.05, 3.63) is 72.6 Å². The molecule has 0 aliphatic heterocycles. The summed E-state index contributed by atoms with van der Waals surface area (Å²) in [5.41, 5.74) is 9.48. The fourth-order valence-corrected chi connectivity index (χ4v) is 3.83. The Labute approximate surface area is 201 Å². The van der Waals surface area contributed by atoms with E-state index in [-0.39, 0.29) is 23.7 Å². The number of anilines is 1. The summed E-state index contributed by atoms with van der Waals surface area (Å²) in [6.07, 6.45) is 6.10. The second-order valence-electron chi connectivity index (χ2n) is 8.30. The van der Waals surface area contributed by atoms with Crippen molar-refractivity contribution in [2.75, 3.05) is 18.1 Å². The molecule has 1 saturated carbocycles. The number of unbranched alkanes of at least 4 members (excludes halogenated alkanes) is 2. The molecule has 7 nitrogen and oxygen atoms in total. The Kier molecular flexibility index (Phi) is 10.5. The Hall–Kier alpha value is -3.42. The maximum atomic E-state index is 12.9. The van der Waals surface area contributed by atoms with Gasteiger partial charge in [0.1, 0.15) is 0 Å². The summed E-state index contributed by atoms with van der Waals surface area (Å²) >= 11 is 0. The molecular formula is C26H36FN5O2. The number of amidine groups is 1. The van der Waals surface area contributed by atoms with Gasteiger partial charge in [-0.1, -0.05) is 30.3 Å². The molecule has 0 saturated heterocycles. The number of halogens is 1. The van der Waals surface area contributed by atoms with Gasteiger partial charge in [0, 0.05) is 48.4 Å². The minimum absolute atomic E-state index is 0.00172. The van der Waals surface area contributed by atoms with Gasteiger partial charge in [-0.15, -0.1) is 13.2 Å². The second kappa shape index (κ2) is 13.3. The van der Waals surface area contributed by atoms with Crippen molar-refractivity contribution in [3.63, 3.8) is 0 Å². The Bertz CT molecular complexity index is 997. The number of amides is 1. The summed E-state index contributed by atoms with van der Waals surface area (Å²) in [6.45, 7) is 9.59. The summed E-state index contributed by atoms with van der Waals surface area (Å²) in [4.78, 5) is 14.5. The highest BCUT2D eigenvalue weighted by Gasteiger charge is 2.27. The van der Waals surface area contributed by atoms with E-state index in [1.165, 1.54) is 18.5 Å². The molecule has 184 valence electrons. The van der Waals surface area contributed by atoms with Crippen molar-refractivity contribution in [1.82, 2.24) is 9.78 Å². The molecule has 1 aliphatic rings. The number of alkyl halides is 1. The minimum Gasteiger partial charge on any atom is -0.409 e. The van der Waals surface area contributed by atoms with Crippen LogP contribution in [0.25, 0.3) is 0 Å². The first-order valence-corrected chi connectivity index (χ1v) is 11.6. The molecule has 1 aromatic carbocycles. The Morgan fingerprint density at radius 3 is 2.68 bits per heavy atom. The average Bonchev–Trinajstić information content (AvgIpc) is 3.64. The van der Waals surface area contributed by atoms with Crippen LogP contribution in [0.4, 0.5) is 10.1 Å². The molecule has 1 aromatic heterocycles. The number of aryl methyl sites for hydroxylation is 2. The highest BCUT2D eigenvalue weighted by Crippen LogP contribution is 2.40. The number of carbonyl (C=O) groups is 1. The molecule has 8 heteroatoms. The summed E-state index contributed by atoms with van der Waals surface area (Å²) in [7, 11) is 2.01. The Balaban J connectivity index is 0.00000199. The number of hydrogen-bond acceptors (Lipinski definition) is 4. The minimum atomic E-state index is -0.629. The van der Waals surface area contributed by atoms with Gasteiger partial charge in [-0.05, 0) is 50.3 Å². The van der Waals surface area contributed by atoms with Crippen molar-refractivity contribution in [2.45, 2.75) is 50.9 Å². The van der Waals surface area contributed by atoms with E-state index in [4.69, 9.17) is 10.9 Å². The predicted octanol–water partition coefficient (Wildman–Crippen LogP) is 4.86. The monoisotopic (exact) mass is 469 g/mol. The first-order chi connectivity index (χ1) is 16.4. The molecular weight excluding hydrogens is 433 g/mol. The molecule has 0 unspecified atom stereocenters. The third-order valence-electron chi connectivity index (χ3n) is 5.78. The van der Waals surface area contributed by atoms with Crippen molar-refractivity contribution in [2.24, 2.45) is 17.9 Å². The molecule has 1 fully saturated rings. The molecule has 3 N–H and O–H groups in total. The van der Waals surface area contributed by atoms with E-state index < -0.39 is 6.67 Å². The van der Waals surface area contributed by atoms with Crippen LogP contribution in [0.2, 0.25) is 0 Å². The number of rotatable bonds is 12. The Morgan fingerprint density at radius 2 is 2.03 bits per heavy atom. The van der Waals surface area contributed by atoms with Crippen LogP contribution < -0.4 is 10.6 Å². The number of benzene rings is 1. The second-order valence-corrected chi connectivity index (χ2v) is 8.30. The number of hydrogen-bond donors (Lipinski definition) is 2. The number of nitrogens with two attached hydrogens (primary N) is 1. The third kappa shape index (κ3) is 7.30. The molecule has 0 atom stereocenters. The first-order valence-electron chi connectivity index (χ1n) is 11.6. The zero-order chi connectivity index (χ0) is 25.1. The number of carbonyl (C=O) groups excluding carboxylic acids is 1. The van der Waals surface area contributed by atoms with E-state index in [9.17, 15) is 9.18 Å². The predicted molar refractivity (Wildman–Crippen MR) is 135 cm³/mol. The third-order valence-corrected chi connectivity index (χ3v) is 5.78. The highest BCUT2D eigenvalue weighted by molar-refractivity contribution is 6.06. The van der Waals surface area contributed by atoms with Crippen molar-refractivity contribution in [3.8, 4) is 0 Å². The molecule has 1 aliphatic carbocycles. The highest BCUT2D eigenvalue weighted by atomic mass is 19.1. The normalized spacial score (nSPS) is 13.2. The number of aromatic nitrogens is 2. The van der Waals surface area contributed by atoms with Crippen LogP contribution in [0.5, 0.6) is 0 Å². The van der Waals surface area contributed by atoms with E-state index >= 15 is 0 Å². The fraction of sp³-hybridized carbons (Fsp3) is 0.423. The lowest BCUT2D eigenvalue weighted by atomic mass is 10.1. The fourth-order valence-electron chi connectivity index (χ4n) is 3.83. The van der Waals surface area contributed by atoms with Crippen LogP contribution in [0.15, 0.2) is 60.8 Å². The molecule has 0 bridgehead atoms. The molecule has 2 aromatic rings. The summed E-state index contributed by atoms with van der Waals surface area (Å²) in [6, 6.07) is 9.11. The average molecular weight is 470 g/mol. The van der Waals surface area contributed by atoms with Gasteiger partial charge in [0.05, 0.1) is 12.4 Å². The lowest BCUT2D eigenvalue weighted by molar-refractivity contribution is -0.115. The summed E-state index contributed by atoms with van der Waals surface area (Å²) in [5.74, 6) is 0.333. The van der Waals surface area contributed by atoms with Gasteiger partial charge >= 0.3 is 0 Å². The summed E-state index contributed by atoms with van der Waals surface area (Å²) in [5, 5.41) is 16.6. The van der Waals surface area contributed by atoms with Gasteiger partial charge < -0.3 is 15.8 Å². The van der Waals surface area contributed by atoms with E-state index in [1.807, 2.05) is 11.7 Å². The van der Waals surface area contributed by atoms with Crippen LogP contribution in [0.1, 0.15) is 61.4 Å². The van der Waals surface area contributed by atoms with E-state index in [0.29, 0.717) is 23.7 Å². The molecule has 0 radical (unpaired) electrons. The smallest absolute Gasteiger partial charge is 0.253 e. The van der Waals surface area contributed by atoms with Crippen molar-refractivity contribution >= 4 is 17.4 Å². The van der Waals surface area contributed by atoms with E-state index in [1.54, 1.807) is 29.2 Å².